The molecule has 0 bridgehead atoms. The van der Waals surface area contributed by atoms with Gasteiger partial charge in [-0.2, -0.15) is 0 Å². The van der Waals surface area contributed by atoms with Crippen LogP contribution < -0.4 is 0 Å². The van der Waals surface area contributed by atoms with E-state index in [0.29, 0.717) is 24.0 Å². The van der Waals surface area contributed by atoms with E-state index >= 15 is 0 Å². The third-order valence-electron chi connectivity index (χ3n) is 1.96. The lowest BCUT2D eigenvalue weighted by Crippen LogP contribution is -2.16. The van der Waals surface area contributed by atoms with Crippen molar-refractivity contribution in [1.29, 1.82) is 0 Å². The first-order chi connectivity index (χ1) is 5.45. The molecule has 0 aromatic heterocycles. The highest BCUT2D eigenvalue weighted by atomic mass is 16.5. The number of ether oxygens (including phenoxy) is 1. The fourth-order valence-corrected chi connectivity index (χ4v) is 0.523. The van der Waals surface area contributed by atoms with Crippen molar-refractivity contribution in [2.45, 2.75) is 27.7 Å². The summed E-state index contributed by atoms with van der Waals surface area (Å²) in [7, 11) is 0. The number of esters is 1. The summed E-state index contributed by atoms with van der Waals surface area (Å²) in [6.07, 6.45) is 0. The predicted molar refractivity (Wildman–Crippen MR) is 49.8 cm³/mol. The highest BCUT2D eigenvalue weighted by Gasteiger charge is 2.10. The van der Waals surface area contributed by atoms with Crippen molar-refractivity contribution in [2.24, 2.45) is 11.8 Å². The van der Waals surface area contributed by atoms with Crippen LogP contribution in [0, 0.1) is 11.8 Å². The van der Waals surface area contributed by atoms with E-state index in [9.17, 15) is 4.79 Å². The lowest BCUT2D eigenvalue weighted by atomic mass is 9.99. The highest BCUT2D eigenvalue weighted by molar-refractivity contribution is 5.86. The van der Waals surface area contributed by atoms with Gasteiger partial charge < -0.3 is 4.74 Å². The zero-order chi connectivity index (χ0) is 9.72. The van der Waals surface area contributed by atoms with Crippen molar-refractivity contribution in [3.05, 3.63) is 12.2 Å². The molecule has 70 valence electrons. The Kier molecular flexibility index (Phi) is 4.64. The molecule has 2 nitrogen and oxygen atoms in total. The summed E-state index contributed by atoms with van der Waals surface area (Å²) in [6, 6.07) is 0. The van der Waals surface area contributed by atoms with Crippen LogP contribution in [0.5, 0.6) is 0 Å². The van der Waals surface area contributed by atoms with Crippen molar-refractivity contribution in [3.8, 4) is 0 Å². The molecule has 0 aromatic rings. The first-order valence-electron chi connectivity index (χ1n) is 4.27. The van der Waals surface area contributed by atoms with Crippen LogP contribution in [0.1, 0.15) is 27.7 Å². The third-order valence-corrected chi connectivity index (χ3v) is 1.96. The maximum atomic E-state index is 10.9. The highest BCUT2D eigenvalue weighted by Crippen LogP contribution is 2.10. The van der Waals surface area contributed by atoms with Crippen LogP contribution in [0.4, 0.5) is 0 Å². The molecule has 0 spiro atoms. The summed E-state index contributed by atoms with van der Waals surface area (Å²) in [4.78, 5) is 10.9. The Morgan fingerprint density at radius 1 is 1.42 bits per heavy atom. The van der Waals surface area contributed by atoms with Crippen LogP contribution in [-0.2, 0) is 9.53 Å². The number of carbonyl (C=O) groups is 1. The Balaban J connectivity index is 3.69. The quantitative estimate of drug-likeness (QED) is 0.478. The van der Waals surface area contributed by atoms with E-state index < -0.39 is 0 Å². The first-order valence-corrected chi connectivity index (χ1v) is 4.27. The van der Waals surface area contributed by atoms with Gasteiger partial charge in [-0.1, -0.05) is 27.4 Å². The standard InChI is InChI=1S/C10H18O2/c1-7(2)9(5)6-12-10(11)8(3)4/h7,9H,3,6H2,1-2,4-5H3. The van der Waals surface area contributed by atoms with Crippen LogP contribution in [0.3, 0.4) is 0 Å². The molecule has 0 fully saturated rings. The van der Waals surface area contributed by atoms with E-state index in [1.54, 1.807) is 6.92 Å². The molecular weight excluding hydrogens is 152 g/mol. The Bertz CT molecular complexity index is 171. The van der Waals surface area contributed by atoms with Crippen LogP contribution in [0.2, 0.25) is 0 Å². The Morgan fingerprint density at radius 2 is 1.92 bits per heavy atom. The number of hydrogen-bond acceptors (Lipinski definition) is 2. The summed E-state index contributed by atoms with van der Waals surface area (Å²) < 4.78 is 4.99. The van der Waals surface area contributed by atoms with Gasteiger partial charge in [0.15, 0.2) is 0 Å². The monoisotopic (exact) mass is 170 g/mol. The average molecular weight is 170 g/mol. The summed E-state index contributed by atoms with van der Waals surface area (Å²) in [5, 5.41) is 0. The number of rotatable bonds is 4. The number of carbonyl (C=O) groups excluding carboxylic acids is 1. The average Bonchev–Trinajstić information content (AvgIpc) is 1.98. The van der Waals surface area contributed by atoms with Crippen molar-refractivity contribution < 1.29 is 9.53 Å². The summed E-state index contributed by atoms with van der Waals surface area (Å²) >= 11 is 0. The molecule has 2 heteroatoms. The molecule has 0 rings (SSSR count). The molecule has 0 aliphatic carbocycles. The normalized spacial score (nSPS) is 12.8. The van der Waals surface area contributed by atoms with Crippen LogP contribution >= 0.6 is 0 Å². The molecule has 1 atom stereocenters. The molecule has 0 radical (unpaired) electrons. The molecule has 0 saturated heterocycles. The minimum Gasteiger partial charge on any atom is -0.462 e. The zero-order valence-corrected chi connectivity index (χ0v) is 8.39. The van der Waals surface area contributed by atoms with Crippen LogP contribution in [0.25, 0.3) is 0 Å². The molecule has 12 heavy (non-hydrogen) atoms. The van der Waals surface area contributed by atoms with Gasteiger partial charge in [-0.25, -0.2) is 4.79 Å². The topological polar surface area (TPSA) is 26.3 Å². The van der Waals surface area contributed by atoms with E-state index in [-0.39, 0.29) is 5.97 Å². The maximum absolute atomic E-state index is 10.9. The number of hydrogen-bond donors (Lipinski definition) is 0. The lowest BCUT2D eigenvalue weighted by molar-refractivity contribution is -0.140. The van der Waals surface area contributed by atoms with Crippen LogP contribution in [0.15, 0.2) is 12.2 Å². The third kappa shape index (κ3) is 4.16. The Morgan fingerprint density at radius 3 is 2.25 bits per heavy atom. The fourth-order valence-electron chi connectivity index (χ4n) is 0.523. The predicted octanol–water partition coefficient (Wildman–Crippen LogP) is 2.40. The van der Waals surface area contributed by atoms with Crippen LogP contribution in [-0.4, -0.2) is 12.6 Å². The van der Waals surface area contributed by atoms with Gasteiger partial charge in [0.1, 0.15) is 0 Å². The first kappa shape index (κ1) is 11.2. The molecule has 0 aliphatic heterocycles. The fraction of sp³-hybridized carbons (Fsp3) is 0.700. The van der Waals surface area contributed by atoms with Gasteiger partial charge in [0, 0.05) is 5.57 Å². The lowest BCUT2D eigenvalue weighted by Gasteiger charge is -2.15. The smallest absolute Gasteiger partial charge is 0.333 e. The molecule has 0 amide bonds. The van der Waals surface area contributed by atoms with Crippen molar-refractivity contribution in [1.82, 2.24) is 0 Å². The largest absolute Gasteiger partial charge is 0.462 e. The summed E-state index contributed by atoms with van der Waals surface area (Å²) in [5.41, 5.74) is 0.464. The van der Waals surface area contributed by atoms with Gasteiger partial charge in [0.05, 0.1) is 6.61 Å². The van der Waals surface area contributed by atoms with E-state index in [4.69, 9.17) is 4.74 Å². The Hall–Kier alpha value is -0.790. The second-order valence-electron chi connectivity index (χ2n) is 3.60. The van der Waals surface area contributed by atoms with Gasteiger partial charge in [-0.3, -0.25) is 0 Å². The molecule has 0 N–H and O–H groups in total. The van der Waals surface area contributed by atoms with Gasteiger partial charge in [0.25, 0.3) is 0 Å². The zero-order valence-electron chi connectivity index (χ0n) is 8.39. The summed E-state index contributed by atoms with van der Waals surface area (Å²) in [5.74, 6) is 0.665. The van der Waals surface area contributed by atoms with Gasteiger partial charge >= 0.3 is 5.97 Å². The van der Waals surface area contributed by atoms with Gasteiger partial charge in [0.2, 0.25) is 0 Å². The van der Waals surface area contributed by atoms with E-state index in [1.807, 2.05) is 0 Å². The van der Waals surface area contributed by atoms with Gasteiger partial charge in [-0.15, -0.1) is 0 Å². The van der Waals surface area contributed by atoms with E-state index in [0.717, 1.165) is 0 Å². The minimum atomic E-state index is -0.289. The molecule has 1 unspecified atom stereocenters. The van der Waals surface area contributed by atoms with E-state index in [1.165, 1.54) is 0 Å². The minimum absolute atomic E-state index is 0.289. The van der Waals surface area contributed by atoms with Crippen molar-refractivity contribution in [2.75, 3.05) is 6.61 Å². The second-order valence-corrected chi connectivity index (χ2v) is 3.60. The molecule has 0 saturated carbocycles. The molecular formula is C10H18O2. The van der Waals surface area contributed by atoms with Crippen molar-refractivity contribution >= 4 is 5.97 Å². The van der Waals surface area contributed by atoms with Crippen molar-refractivity contribution in [3.63, 3.8) is 0 Å². The molecule has 0 aliphatic rings. The SMILES string of the molecule is C=C(C)C(=O)OCC(C)C(C)C. The molecule has 0 heterocycles. The van der Waals surface area contributed by atoms with Gasteiger partial charge in [-0.05, 0) is 18.8 Å². The Labute approximate surface area is 74.6 Å². The maximum Gasteiger partial charge on any atom is 0.333 e. The summed E-state index contributed by atoms with van der Waals surface area (Å²) in [6.45, 7) is 11.9. The van der Waals surface area contributed by atoms with E-state index in [2.05, 4.69) is 27.4 Å². The second kappa shape index (κ2) is 4.96. The molecule has 0 aromatic carbocycles.